The Morgan fingerprint density at radius 2 is 1.86 bits per heavy atom. The van der Waals surface area contributed by atoms with Crippen LogP contribution in [0.25, 0.3) is 22.4 Å². The van der Waals surface area contributed by atoms with Gasteiger partial charge in [-0.15, -0.1) is 0 Å². The van der Waals surface area contributed by atoms with Crippen LogP contribution in [0.2, 0.25) is 0 Å². The maximum atomic E-state index is 15.1. The number of aromatic nitrogens is 3. The molecule has 4 heterocycles. The summed E-state index contributed by atoms with van der Waals surface area (Å²) in [4.78, 5) is 9.61. The van der Waals surface area contributed by atoms with Gasteiger partial charge in [0.25, 0.3) is 0 Å². The smallest absolute Gasteiger partial charge is 0.146 e. The summed E-state index contributed by atoms with van der Waals surface area (Å²) in [6, 6.07) is 7.79. The molecule has 0 saturated carbocycles. The number of hydrogen-bond acceptors (Lipinski definition) is 6. The van der Waals surface area contributed by atoms with Gasteiger partial charge >= 0.3 is 0 Å². The van der Waals surface area contributed by atoms with Crippen LogP contribution in [0.15, 0.2) is 36.7 Å². The summed E-state index contributed by atoms with van der Waals surface area (Å²) < 4.78 is 22.4. The topological polar surface area (TPSA) is 58.5 Å². The fourth-order valence-corrected chi connectivity index (χ4v) is 5.33. The van der Waals surface area contributed by atoms with Crippen LogP contribution in [0.3, 0.4) is 0 Å². The number of hydrogen-bond donors (Lipinski definition) is 1. The van der Waals surface area contributed by atoms with Gasteiger partial charge in [-0.05, 0) is 65.6 Å². The number of anilines is 2. The quantitative estimate of drug-likeness (QED) is 0.498. The second-order valence-corrected chi connectivity index (χ2v) is 11.5. The van der Waals surface area contributed by atoms with Crippen LogP contribution >= 0.6 is 0 Å². The molecule has 1 N–H and O–H groups in total. The zero-order valence-electron chi connectivity index (χ0n) is 22.7. The summed E-state index contributed by atoms with van der Waals surface area (Å²) in [6.07, 6.45) is 4.99. The van der Waals surface area contributed by atoms with Crippen LogP contribution < -0.4 is 10.2 Å². The molecule has 2 aliphatic rings. The van der Waals surface area contributed by atoms with Gasteiger partial charge in [-0.2, -0.15) is 5.10 Å². The number of nitrogens with zero attached hydrogens (tertiary/aromatic N) is 5. The first-order chi connectivity index (χ1) is 17.7. The Morgan fingerprint density at radius 3 is 2.54 bits per heavy atom. The van der Waals surface area contributed by atoms with Crippen LogP contribution in [-0.4, -0.2) is 65.7 Å². The van der Waals surface area contributed by atoms with Gasteiger partial charge in [0.15, 0.2) is 0 Å². The monoisotopic (exact) mass is 506 g/mol. The van der Waals surface area contributed by atoms with E-state index in [1.165, 1.54) is 6.42 Å². The molecule has 1 aromatic carbocycles. The Labute approximate surface area is 219 Å². The van der Waals surface area contributed by atoms with E-state index in [0.717, 1.165) is 59.9 Å². The first-order valence-electron chi connectivity index (χ1n) is 13.3. The normalized spacial score (nSPS) is 19.0. The molecule has 198 valence electrons. The highest BCUT2D eigenvalue weighted by atomic mass is 19.1. The van der Waals surface area contributed by atoms with Crippen molar-refractivity contribution < 1.29 is 9.13 Å². The molecule has 8 heteroatoms. The Morgan fingerprint density at radius 1 is 1.08 bits per heavy atom. The number of morpholine rings is 1. The van der Waals surface area contributed by atoms with Crippen LogP contribution in [-0.2, 0) is 11.8 Å². The summed E-state index contributed by atoms with van der Waals surface area (Å²) in [6.45, 7) is 14.6. The van der Waals surface area contributed by atoms with Gasteiger partial charge < -0.3 is 15.0 Å². The van der Waals surface area contributed by atoms with Crippen molar-refractivity contribution in [1.82, 2.24) is 19.7 Å². The van der Waals surface area contributed by atoms with Gasteiger partial charge in [-0.1, -0.05) is 20.8 Å². The van der Waals surface area contributed by atoms with Crippen molar-refractivity contribution in [3.8, 4) is 22.4 Å². The molecule has 0 bridgehead atoms. The largest absolute Gasteiger partial charge is 0.378 e. The van der Waals surface area contributed by atoms with E-state index in [1.54, 1.807) is 10.7 Å². The highest BCUT2D eigenvalue weighted by Gasteiger charge is 2.31. The predicted molar refractivity (Wildman–Crippen MR) is 147 cm³/mol. The van der Waals surface area contributed by atoms with Gasteiger partial charge in [0.1, 0.15) is 11.6 Å². The molecule has 2 aliphatic heterocycles. The fraction of sp³-hybridized carbons (Fsp3) is 0.517. The van der Waals surface area contributed by atoms with Crippen LogP contribution in [0.1, 0.15) is 32.8 Å². The van der Waals surface area contributed by atoms with E-state index in [4.69, 9.17) is 9.72 Å². The summed E-state index contributed by atoms with van der Waals surface area (Å²) in [5.41, 5.74) is 5.56. The Balaban J connectivity index is 1.45. The fourth-order valence-electron chi connectivity index (χ4n) is 5.33. The predicted octanol–water partition coefficient (Wildman–Crippen LogP) is 5.17. The highest BCUT2D eigenvalue weighted by molar-refractivity contribution is 5.78. The molecule has 2 saturated heterocycles. The average Bonchev–Trinajstić information content (AvgIpc) is 3.53. The first-order valence-corrected chi connectivity index (χ1v) is 13.3. The van der Waals surface area contributed by atoms with Crippen molar-refractivity contribution in [2.45, 2.75) is 34.1 Å². The van der Waals surface area contributed by atoms with Crippen molar-refractivity contribution in [2.24, 2.45) is 18.4 Å². The number of pyridine rings is 1. The third-order valence-corrected chi connectivity index (χ3v) is 7.76. The molecule has 0 radical (unpaired) electrons. The molecular weight excluding hydrogens is 467 g/mol. The number of halogens is 1. The standard InChI is InChI=1S/C29H39FN6O/c1-20-12-25(30)27(31-19-35-7-6-23(18-35)29(2,3)4)15-24(20)21-13-26(22-16-32-34(5)17-22)33-28(14-21)36-8-10-37-11-9-36/h12-17,23,31H,6-11,18-19H2,1-5H3. The van der Waals surface area contributed by atoms with Gasteiger partial charge in [0.2, 0.25) is 0 Å². The van der Waals surface area contributed by atoms with Crippen molar-refractivity contribution >= 4 is 11.5 Å². The van der Waals surface area contributed by atoms with Crippen molar-refractivity contribution in [2.75, 3.05) is 56.3 Å². The third-order valence-electron chi connectivity index (χ3n) is 7.76. The molecule has 2 aromatic heterocycles. The van der Waals surface area contributed by atoms with Gasteiger partial charge in [0, 0.05) is 45.0 Å². The van der Waals surface area contributed by atoms with Crippen LogP contribution in [0.5, 0.6) is 0 Å². The number of benzene rings is 1. The average molecular weight is 507 g/mol. The minimum atomic E-state index is -0.220. The molecule has 0 aliphatic carbocycles. The van der Waals surface area contributed by atoms with Crippen molar-refractivity contribution in [1.29, 1.82) is 0 Å². The molecule has 1 atom stereocenters. The molecule has 0 spiro atoms. The molecular formula is C29H39FN6O. The van der Waals surface area contributed by atoms with Crippen LogP contribution in [0.4, 0.5) is 15.9 Å². The summed E-state index contributed by atoms with van der Waals surface area (Å²) in [5.74, 6) is 1.35. The van der Waals surface area contributed by atoms with Gasteiger partial charge in [-0.25, -0.2) is 9.37 Å². The zero-order chi connectivity index (χ0) is 26.2. The van der Waals surface area contributed by atoms with Crippen molar-refractivity contribution in [3.63, 3.8) is 0 Å². The zero-order valence-corrected chi connectivity index (χ0v) is 22.7. The summed E-state index contributed by atoms with van der Waals surface area (Å²) in [5, 5.41) is 7.73. The lowest BCUT2D eigenvalue weighted by Crippen LogP contribution is -2.36. The van der Waals surface area contributed by atoms with E-state index < -0.39 is 0 Å². The minimum absolute atomic E-state index is 0.220. The number of rotatable bonds is 6. The van der Waals surface area contributed by atoms with E-state index in [1.807, 2.05) is 32.4 Å². The first kappa shape index (κ1) is 25.7. The molecule has 37 heavy (non-hydrogen) atoms. The minimum Gasteiger partial charge on any atom is -0.378 e. The molecule has 0 amide bonds. The van der Waals surface area contributed by atoms with E-state index in [2.05, 4.69) is 53.1 Å². The molecule has 7 nitrogen and oxygen atoms in total. The number of nitrogens with one attached hydrogen (secondary N) is 1. The van der Waals surface area contributed by atoms with E-state index in [-0.39, 0.29) is 5.82 Å². The number of likely N-dealkylation sites (tertiary alicyclic amines) is 1. The number of aryl methyl sites for hydroxylation is 2. The Bertz CT molecular complexity index is 1240. The molecule has 5 rings (SSSR count). The summed E-state index contributed by atoms with van der Waals surface area (Å²) in [7, 11) is 1.91. The Kier molecular flexibility index (Phi) is 7.23. The highest BCUT2D eigenvalue weighted by Crippen LogP contribution is 2.35. The lowest BCUT2D eigenvalue weighted by molar-refractivity contribution is 0.122. The van der Waals surface area contributed by atoms with Gasteiger partial charge in [-0.3, -0.25) is 9.58 Å². The lowest BCUT2D eigenvalue weighted by Gasteiger charge is -2.28. The van der Waals surface area contributed by atoms with E-state index in [9.17, 15) is 0 Å². The number of ether oxygens (including phenoxy) is 1. The molecule has 2 fully saturated rings. The molecule has 3 aromatic rings. The second-order valence-electron chi connectivity index (χ2n) is 11.5. The van der Waals surface area contributed by atoms with Crippen LogP contribution in [0, 0.1) is 24.1 Å². The maximum absolute atomic E-state index is 15.1. The summed E-state index contributed by atoms with van der Waals surface area (Å²) >= 11 is 0. The maximum Gasteiger partial charge on any atom is 0.146 e. The second kappa shape index (κ2) is 10.4. The van der Waals surface area contributed by atoms with Gasteiger partial charge in [0.05, 0.1) is 37.5 Å². The third kappa shape index (κ3) is 5.80. The van der Waals surface area contributed by atoms with E-state index >= 15 is 4.39 Å². The van der Waals surface area contributed by atoms with Crippen molar-refractivity contribution in [3.05, 3.63) is 48.0 Å². The van der Waals surface area contributed by atoms with E-state index in [0.29, 0.717) is 36.9 Å². The Hall–Kier alpha value is -2.97. The lowest BCUT2D eigenvalue weighted by atomic mass is 9.80. The molecule has 1 unspecified atom stereocenters. The SMILES string of the molecule is Cc1cc(F)c(NCN2CCC(C(C)(C)C)C2)cc1-c1cc(-c2cnn(C)c2)nc(N2CCOCC2)c1.